The molecule has 8 nitrogen and oxygen atoms in total. The summed E-state index contributed by atoms with van der Waals surface area (Å²) in [4.78, 5) is 27.6. The second-order valence-corrected chi connectivity index (χ2v) is 8.50. The van der Waals surface area contributed by atoms with Gasteiger partial charge in [0.25, 0.3) is 0 Å². The topological polar surface area (TPSA) is 87.4 Å². The fourth-order valence-electron chi connectivity index (χ4n) is 4.83. The van der Waals surface area contributed by atoms with E-state index < -0.39 is 11.5 Å². The van der Waals surface area contributed by atoms with Crippen LogP contribution in [0, 0.1) is 0 Å². The molecule has 1 aromatic heterocycles. The van der Waals surface area contributed by atoms with Gasteiger partial charge in [0.15, 0.2) is 11.5 Å². The van der Waals surface area contributed by atoms with Crippen LogP contribution in [0.25, 0.3) is 11.0 Å². The van der Waals surface area contributed by atoms with E-state index in [1.807, 2.05) is 23.1 Å². The van der Waals surface area contributed by atoms with E-state index >= 15 is 0 Å². The smallest absolute Gasteiger partial charge is 0.336 e. The van der Waals surface area contributed by atoms with Crippen LogP contribution < -0.4 is 24.6 Å². The number of hydrogen-bond acceptors (Lipinski definition) is 7. The Morgan fingerprint density at radius 1 is 0.971 bits per heavy atom. The maximum atomic E-state index is 13.4. The van der Waals surface area contributed by atoms with Gasteiger partial charge in [-0.15, -0.1) is 0 Å². The zero-order chi connectivity index (χ0) is 23.7. The van der Waals surface area contributed by atoms with Crippen LogP contribution in [-0.2, 0) is 4.79 Å². The monoisotopic (exact) mass is 465 g/mol. The molecule has 2 aliphatic heterocycles. The van der Waals surface area contributed by atoms with Crippen molar-refractivity contribution in [2.24, 2.45) is 0 Å². The quantitative estimate of drug-likeness (QED) is 0.507. The van der Waals surface area contributed by atoms with Crippen molar-refractivity contribution in [2.75, 3.05) is 34.1 Å². The number of fused-ring (bicyclic) bond motifs is 2. The molecule has 0 bridgehead atoms. The lowest BCUT2D eigenvalue weighted by Gasteiger charge is -2.29. The molecule has 1 atom stereocenters. The van der Waals surface area contributed by atoms with Gasteiger partial charge >= 0.3 is 5.63 Å². The van der Waals surface area contributed by atoms with Gasteiger partial charge in [-0.1, -0.05) is 6.07 Å². The van der Waals surface area contributed by atoms with Crippen LogP contribution >= 0.6 is 0 Å². The third-order valence-electron chi connectivity index (χ3n) is 6.55. The van der Waals surface area contributed by atoms with E-state index in [4.69, 9.17) is 23.4 Å². The Labute approximate surface area is 197 Å². The fraction of sp³-hybridized carbons (Fsp3) is 0.385. The first-order chi connectivity index (χ1) is 16.6. The summed E-state index contributed by atoms with van der Waals surface area (Å²) in [7, 11) is 3.10. The molecule has 0 aliphatic carbocycles. The lowest BCUT2D eigenvalue weighted by atomic mass is 9.85. The Kier molecular flexibility index (Phi) is 6.04. The van der Waals surface area contributed by atoms with Crippen LogP contribution in [0.4, 0.5) is 0 Å². The molecule has 0 unspecified atom stereocenters. The van der Waals surface area contributed by atoms with E-state index in [0.717, 1.165) is 37.9 Å². The summed E-state index contributed by atoms with van der Waals surface area (Å²) in [5.41, 5.74) is 1.32. The molecule has 1 fully saturated rings. The zero-order valence-corrected chi connectivity index (χ0v) is 19.3. The Morgan fingerprint density at radius 3 is 2.50 bits per heavy atom. The number of rotatable bonds is 6. The lowest BCUT2D eigenvalue weighted by molar-refractivity contribution is -0.132. The number of likely N-dealkylation sites (tertiary alicyclic amines) is 1. The summed E-state index contributed by atoms with van der Waals surface area (Å²) in [6, 6.07) is 10.4. The minimum atomic E-state index is -0.490. The molecule has 2 aliphatic rings. The molecule has 3 heterocycles. The number of amides is 1. The third-order valence-corrected chi connectivity index (χ3v) is 6.55. The predicted molar refractivity (Wildman–Crippen MR) is 125 cm³/mol. The maximum Gasteiger partial charge on any atom is 0.336 e. The number of carbonyl (C=O) groups is 1. The fourth-order valence-corrected chi connectivity index (χ4v) is 4.83. The van der Waals surface area contributed by atoms with Gasteiger partial charge in [-0.25, -0.2) is 4.79 Å². The molecule has 5 rings (SSSR count). The van der Waals surface area contributed by atoms with Gasteiger partial charge in [0.2, 0.25) is 12.7 Å². The molecule has 0 saturated carbocycles. The summed E-state index contributed by atoms with van der Waals surface area (Å²) in [6.07, 6.45) is 3.34. The number of nitrogens with zero attached hydrogens (tertiary/aromatic N) is 1. The highest BCUT2D eigenvalue weighted by Gasteiger charge is 2.30. The Balaban J connectivity index is 1.69. The number of carbonyl (C=O) groups excluding carboxylic acids is 1. The minimum absolute atomic E-state index is 0.0478. The third kappa shape index (κ3) is 4.04. The van der Waals surface area contributed by atoms with Gasteiger partial charge in [-0.3, -0.25) is 4.79 Å². The van der Waals surface area contributed by atoms with Gasteiger partial charge in [0.05, 0.1) is 19.6 Å². The van der Waals surface area contributed by atoms with Crippen LogP contribution in [0.2, 0.25) is 0 Å². The van der Waals surface area contributed by atoms with Gasteiger partial charge in [-0.05, 0) is 43.0 Å². The molecule has 2 aromatic carbocycles. The summed E-state index contributed by atoms with van der Waals surface area (Å²) in [6.45, 7) is 1.66. The second-order valence-electron chi connectivity index (χ2n) is 8.50. The van der Waals surface area contributed by atoms with Crippen LogP contribution in [-0.4, -0.2) is 44.9 Å². The van der Waals surface area contributed by atoms with Crippen LogP contribution in [0.15, 0.2) is 45.6 Å². The molecule has 178 valence electrons. The van der Waals surface area contributed by atoms with Crippen molar-refractivity contribution in [3.8, 4) is 23.0 Å². The number of ether oxygens (including phenoxy) is 4. The van der Waals surface area contributed by atoms with E-state index in [1.54, 1.807) is 26.4 Å². The number of piperidine rings is 1. The highest BCUT2D eigenvalue weighted by atomic mass is 16.7. The minimum Gasteiger partial charge on any atom is -0.496 e. The molecule has 8 heteroatoms. The van der Waals surface area contributed by atoms with Crippen molar-refractivity contribution in [2.45, 2.75) is 31.6 Å². The summed E-state index contributed by atoms with van der Waals surface area (Å²) in [5.74, 6) is 1.87. The molecule has 0 N–H and O–H groups in total. The van der Waals surface area contributed by atoms with Crippen molar-refractivity contribution in [1.82, 2.24) is 4.90 Å². The highest BCUT2D eigenvalue weighted by Crippen LogP contribution is 2.45. The van der Waals surface area contributed by atoms with Crippen molar-refractivity contribution < 1.29 is 28.2 Å². The first-order valence-corrected chi connectivity index (χ1v) is 11.4. The normalized spacial score (nSPS) is 15.9. The Bertz CT molecular complexity index is 1280. The first-order valence-electron chi connectivity index (χ1n) is 11.4. The molecular weight excluding hydrogens is 438 g/mol. The average Bonchev–Trinajstić information content (AvgIpc) is 3.34. The van der Waals surface area contributed by atoms with Crippen LogP contribution in [0.1, 0.15) is 42.7 Å². The maximum absolute atomic E-state index is 13.4. The van der Waals surface area contributed by atoms with E-state index in [2.05, 4.69) is 0 Å². The molecule has 1 amide bonds. The Morgan fingerprint density at radius 2 is 1.74 bits per heavy atom. The highest BCUT2D eigenvalue weighted by molar-refractivity contribution is 5.90. The molecular formula is C26H27NO7. The van der Waals surface area contributed by atoms with Crippen molar-refractivity contribution >= 4 is 16.9 Å². The van der Waals surface area contributed by atoms with Gasteiger partial charge in [-0.2, -0.15) is 0 Å². The van der Waals surface area contributed by atoms with Crippen LogP contribution in [0.3, 0.4) is 0 Å². The second kappa shape index (κ2) is 9.29. The summed E-state index contributed by atoms with van der Waals surface area (Å²) >= 11 is 0. The van der Waals surface area contributed by atoms with Gasteiger partial charge in [0, 0.05) is 43.1 Å². The number of benzene rings is 2. The molecule has 1 saturated heterocycles. The van der Waals surface area contributed by atoms with Crippen LogP contribution in [0.5, 0.6) is 23.0 Å². The SMILES string of the molecule is COc1cc(OC)c2ccc(=O)oc2c1[C@H](CC(=O)N1CCCCC1)c1ccc2c(c1)OCO2. The van der Waals surface area contributed by atoms with Gasteiger partial charge in [0.1, 0.15) is 17.1 Å². The molecule has 3 aromatic rings. The number of methoxy groups -OCH3 is 2. The molecule has 0 radical (unpaired) electrons. The van der Waals surface area contributed by atoms with Crippen molar-refractivity contribution in [1.29, 1.82) is 0 Å². The zero-order valence-electron chi connectivity index (χ0n) is 19.3. The standard InChI is InChI=1S/C26H27NO7/c1-30-20-14-22(31-2)25(26-17(20)7-9-24(29)34-26)18(13-23(28)27-10-4-3-5-11-27)16-6-8-19-21(12-16)33-15-32-19/h6-9,12,14,18H,3-5,10-11,13,15H2,1-2H3/t18-/m1/s1. The summed E-state index contributed by atoms with van der Waals surface area (Å²) in [5, 5.41) is 0.633. The van der Waals surface area contributed by atoms with E-state index in [-0.39, 0.29) is 19.1 Å². The molecule has 34 heavy (non-hydrogen) atoms. The predicted octanol–water partition coefficient (Wildman–Crippen LogP) is 4.07. The van der Waals surface area contributed by atoms with E-state index in [1.165, 1.54) is 6.07 Å². The lowest BCUT2D eigenvalue weighted by Crippen LogP contribution is -2.36. The van der Waals surface area contributed by atoms with Crippen molar-refractivity contribution in [3.63, 3.8) is 0 Å². The van der Waals surface area contributed by atoms with E-state index in [9.17, 15) is 9.59 Å². The molecule has 0 spiro atoms. The Hall–Kier alpha value is -3.68. The number of hydrogen-bond donors (Lipinski definition) is 0. The first kappa shape index (κ1) is 22.1. The van der Waals surface area contributed by atoms with Crippen molar-refractivity contribution in [3.05, 3.63) is 57.9 Å². The largest absolute Gasteiger partial charge is 0.496 e. The average molecular weight is 466 g/mol. The summed E-state index contributed by atoms with van der Waals surface area (Å²) < 4.78 is 28.1. The van der Waals surface area contributed by atoms with E-state index in [0.29, 0.717) is 39.5 Å². The van der Waals surface area contributed by atoms with Gasteiger partial charge < -0.3 is 28.3 Å².